The zero-order valence-corrected chi connectivity index (χ0v) is 14.4. The molecule has 7 nitrogen and oxygen atoms in total. The van der Waals surface area contributed by atoms with Crippen LogP contribution in [0.1, 0.15) is 36.7 Å². The van der Waals surface area contributed by atoms with Crippen LogP contribution in [-0.2, 0) is 16.6 Å². The second kappa shape index (κ2) is 7.04. The average Bonchev–Trinajstić information content (AvgIpc) is 2.64. The van der Waals surface area contributed by atoms with Crippen LogP contribution in [0, 0.1) is 0 Å². The lowest BCUT2D eigenvalue weighted by atomic mass is 10.1. The van der Waals surface area contributed by atoms with Gasteiger partial charge in [-0.15, -0.1) is 0 Å². The van der Waals surface area contributed by atoms with Crippen LogP contribution in [0.3, 0.4) is 0 Å². The maximum atomic E-state index is 12.5. The highest BCUT2D eigenvalue weighted by atomic mass is 16.5. The van der Waals surface area contributed by atoms with E-state index >= 15 is 0 Å². The summed E-state index contributed by atoms with van der Waals surface area (Å²) in [5, 5.41) is 4.85. The van der Waals surface area contributed by atoms with Gasteiger partial charge < -0.3 is 9.64 Å². The molecule has 0 bridgehead atoms. The van der Waals surface area contributed by atoms with Crippen molar-refractivity contribution in [3.05, 3.63) is 40.3 Å². The van der Waals surface area contributed by atoms with Gasteiger partial charge in [0.2, 0.25) is 0 Å². The fraction of sp³-hybridized carbons (Fsp3) is 0.444. The molecular weight excluding hydrogens is 322 g/mol. The smallest absolute Gasteiger partial charge is 0.360 e. The Balaban J connectivity index is 1.84. The summed E-state index contributed by atoms with van der Waals surface area (Å²) in [7, 11) is 1.48. The molecule has 25 heavy (non-hydrogen) atoms. The molecule has 0 aliphatic carbocycles. The zero-order chi connectivity index (χ0) is 18.0. The number of carbonyl (C=O) groups excluding carboxylic acids is 2. The lowest BCUT2D eigenvalue weighted by Crippen LogP contribution is -2.42. The Bertz CT molecular complexity index is 868. The summed E-state index contributed by atoms with van der Waals surface area (Å²) >= 11 is 0. The molecule has 1 saturated heterocycles. The molecule has 3 rings (SSSR count). The average molecular weight is 343 g/mol. The number of esters is 1. The Hall–Kier alpha value is -2.70. The fourth-order valence-electron chi connectivity index (χ4n) is 3.09. The molecule has 2 aromatic rings. The number of aromatic nitrogens is 2. The van der Waals surface area contributed by atoms with Crippen LogP contribution < -0.4 is 5.56 Å². The number of hydrogen-bond donors (Lipinski definition) is 0. The number of fused-ring (bicyclic) bond motifs is 1. The topological polar surface area (TPSA) is 81.5 Å². The molecule has 1 aliphatic rings. The number of hydrogen-bond acceptors (Lipinski definition) is 5. The number of ether oxygens (including phenoxy) is 1. The Kier molecular flexibility index (Phi) is 4.83. The minimum absolute atomic E-state index is 0.0380. The molecule has 0 spiro atoms. The van der Waals surface area contributed by atoms with Crippen molar-refractivity contribution in [1.82, 2.24) is 14.7 Å². The number of likely N-dealkylation sites (tertiary alicyclic amines) is 1. The molecule has 1 fully saturated rings. The summed E-state index contributed by atoms with van der Waals surface area (Å²) in [6.07, 6.45) is 2.17. The highest BCUT2D eigenvalue weighted by Crippen LogP contribution is 2.16. The lowest BCUT2D eigenvalue weighted by molar-refractivity contribution is -0.140. The highest BCUT2D eigenvalue weighted by Gasteiger charge is 2.27. The third kappa shape index (κ3) is 3.40. The highest BCUT2D eigenvalue weighted by molar-refractivity contribution is 6.02. The quantitative estimate of drug-likeness (QED) is 0.789. The van der Waals surface area contributed by atoms with E-state index in [1.165, 1.54) is 7.05 Å². The summed E-state index contributed by atoms with van der Waals surface area (Å²) < 4.78 is 6.45. The van der Waals surface area contributed by atoms with Crippen molar-refractivity contribution in [2.75, 3.05) is 13.1 Å². The molecule has 7 heteroatoms. The standard InChI is InChI=1S/C18H21N3O4/c1-12(16(22)21-10-6-3-7-11-21)25-18(24)15-13-8-4-5-9-14(13)17(23)20(2)19-15/h4-5,8-9,12H,3,6-7,10-11H2,1-2H3/t12-/m0/s1. The minimum atomic E-state index is -0.886. The molecule has 1 aromatic heterocycles. The third-order valence-corrected chi connectivity index (χ3v) is 4.45. The van der Waals surface area contributed by atoms with Crippen LogP contribution >= 0.6 is 0 Å². The third-order valence-electron chi connectivity index (χ3n) is 4.45. The zero-order valence-electron chi connectivity index (χ0n) is 14.4. The van der Waals surface area contributed by atoms with Gasteiger partial charge >= 0.3 is 5.97 Å². The monoisotopic (exact) mass is 343 g/mol. The summed E-state index contributed by atoms with van der Waals surface area (Å²) in [4.78, 5) is 38.8. The van der Waals surface area contributed by atoms with E-state index in [1.807, 2.05) is 0 Å². The van der Waals surface area contributed by atoms with Crippen molar-refractivity contribution >= 4 is 22.6 Å². The van der Waals surface area contributed by atoms with Crippen molar-refractivity contribution in [3.8, 4) is 0 Å². The molecule has 1 aliphatic heterocycles. The van der Waals surface area contributed by atoms with Gasteiger partial charge in [0.25, 0.3) is 11.5 Å². The molecule has 1 aromatic carbocycles. The van der Waals surface area contributed by atoms with Crippen LogP contribution in [0.5, 0.6) is 0 Å². The molecule has 0 saturated carbocycles. The van der Waals surface area contributed by atoms with E-state index in [9.17, 15) is 14.4 Å². The van der Waals surface area contributed by atoms with E-state index < -0.39 is 12.1 Å². The second-order valence-corrected chi connectivity index (χ2v) is 6.26. The molecule has 0 N–H and O–H groups in total. The van der Waals surface area contributed by atoms with Gasteiger partial charge in [0.05, 0.1) is 5.39 Å². The SMILES string of the molecule is C[C@H](OC(=O)c1nn(C)c(=O)c2ccccc12)C(=O)N1CCCCC1. The van der Waals surface area contributed by atoms with Gasteiger partial charge in [-0.05, 0) is 32.3 Å². The van der Waals surface area contributed by atoms with Crippen LogP contribution in [0.15, 0.2) is 29.1 Å². The predicted octanol–water partition coefficient (Wildman–Crippen LogP) is 1.49. The van der Waals surface area contributed by atoms with Crippen molar-refractivity contribution in [2.45, 2.75) is 32.3 Å². The molecule has 0 unspecified atom stereocenters. The van der Waals surface area contributed by atoms with E-state index in [1.54, 1.807) is 36.1 Å². The minimum Gasteiger partial charge on any atom is -0.448 e. The first-order valence-electron chi connectivity index (χ1n) is 8.45. The number of aryl methyl sites for hydroxylation is 1. The number of rotatable bonds is 3. The number of amides is 1. The summed E-state index contributed by atoms with van der Waals surface area (Å²) in [5.41, 5.74) is -0.249. The maximum absolute atomic E-state index is 12.5. The molecule has 2 heterocycles. The fourth-order valence-corrected chi connectivity index (χ4v) is 3.09. The Labute approximate surface area is 145 Å². The van der Waals surface area contributed by atoms with Crippen molar-refractivity contribution in [3.63, 3.8) is 0 Å². The van der Waals surface area contributed by atoms with Gasteiger partial charge in [-0.25, -0.2) is 9.48 Å². The van der Waals surface area contributed by atoms with E-state index in [-0.39, 0.29) is 17.2 Å². The van der Waals surface area contributed by atoms with Gasteiger partial charge in [-0.1, -0.05) is 18.2 Å². The first-order valence-corrected chi connectivity index (χ1v) is 8.45. The van der Waals surface area contributed by atoms with Crippen LogP contribution in [0.2, 0.25) is 0 Å². The normalized spacial score (nSPS) is 15.8. The Morgan fingerprint density at radius 1 is 1.12 bits per heavy atom. The molecular formula is C18H21N3O4. The summed E-state index contributed by atoms with van der Waals surface area (Å²) in [6.45, 7) is 2.96. The molecule has 1 amide bonds. The number of carbonyl (C=O) groups is 2. The van der Waals surface area contributed by atoms with Gasteiger partial charge in [0, 0.05) is 25.5 Å². The van der Waals surface area contributed by atoms with Crippen molar-refractivity contribution in [1.29, 1.82) is 0 Å². The van der Waals surface area contributed by atoms with Crippen molar-refractivity contribution < 1.29 is 14.3 Å². The van der Waals surface area contributed by atoms with Gasteiger partial charge in [0.15, 0.2) is 11.8 Å². The van der Waals surface area contributed by atoms with Gasteiger partial charge in [-0.2, -0.15) is 5.10 Å². The first-order chi connectivity index (χ1) is 12.0. The van der Waals surface area contributed by atoms with Crippen LogP contribution in [0.25, 0.3) is 10.8 Å². The van der Waals surface area contributed by atoms with E-state index in [0.717, 1.165) is 23.9 Å². The van der Waals surface area contributed by atoms with Gasteiger partial charge in [-0.3, -0.25) is 9.59 Å². The van der Waals surface area contributed by atoms with E-state index in [0.29, 0.717) is 23.9 Å². The summed E-state index contributed by atoms with van der Waals surface area (Å²) in [5.74, 6) is -0.896. The number of nitrogens with zero attached hydrogens (tertiary/aromatic N) is 3. The Morgan fingerprint density at radius 2 is 1.76 bits per heavy atom. The summed E-state index contributed by atoms with van der Waals surface area (Å²) in [6, 6.07) is 6.74. The molecule has 1 atom stereocenters. The first kappa shape index (κ1) is 17.1. The number of piperidine rings is 1. The molecule has 132 valence electrons. The predicted molar refractivity (Wildman–Crippen MR) is 92.3 cm³/mol. The van der Waals surface area contributed by atoms with Crippen molar-refractivity contribution in [2.24, 2.45) is 7.05 Å². The lowest BCUT2D eigenvalue weighted by Gasteiger charge is -2.28. The maximum Gasteiger partial charge on any atom is 0.360 e. The van der Waals surface area contributed by atoms with E-state index in [4.69, 9.17) is 4.74 Å². The Morgan fingerprint density at radius 3 is 2.44 bits per heavy atom. The molecule has 0 radical (unpaired) electrons. The second-order valence-electron chi connectivity index (χ2n) is 6.26. The van der Waals surface area contributed by atoms with Crippen LogP contribution in [-0.4, -0.2) is 45.8 Å². The van der Waals surface area contributed by atoms with E-state index in [2.05, 4.69) is 5.10 Å². The largest absolute Gasteiger partial charge is 0.448 e. The number of benzene rings is 1. The van der Waals surface area contributed by atoms with Crippen LogP contribution in [0.4, 0.5) is 0 Å². The van der Waals surface area contributed by atoms with Gasteiger partial charge in [0.1, 0.15) is 0 Å².